The van der Waals surface area contributed by atoms with Crippen molar-refractivity contribution in [2.24, 2.45) is 12.8 Å². The lowest BCUT2D eigenvalue weighted by Gasteiger charge is -2.16. The van der Waals surface area contributed by atoms with Gasteiger partial charge in [-0.2, -0.15) is 10.1 Å². The molecule has 0 saturated heterocycles. The molecule has 2 aromatic heterocycles. The summed E-state index contributed by atoms with van der Waals surface area (Å²) in [5.74, 6) is -0.557. The number of ether oxygens (including phenoxy) is 1. The Bertz CT molecular complexity index is 713. The van der Waals surface area contributed by atoms with Crippen LogP contribution in [-0.2, 0) is 19.9 Å². The third-order valence-corrected chi connectivity index (χ3v) is 3.40. The first-order valence-electron chi connectivity index (χ1n) is 6.52. The SMILES string of the molecule is Cn1nc(C(N)=O)c2c1-c1nc(OCCF)ncc1CC2. The van der Waals surface area contributed by atoms with Crippen LogP contribution >= 0.6 is 0 Å². The number of fused-ring (bicyclic) bond motifs is 3. The molecule has 7 nitrogen and oxygen atoms in total. The zero-order valence-corrected chi connectivity index (χ0v) is 11.5. The number of aromatic nitrogens is 4. The van der Waals surface area contributed by atoms with Gasteiger partial charge in [-0.25, -0.2) is 9.37 Å². The smallest absolute Gasteiger partial charge is 0.317 e. The first kappa shape index (κ1) is 13.5. The number of aryl methyl sites for hydroxylation is 2. The second kappa shape index (κ2) is 5.12. The molecule has 0 aromatic carbocycles. The Morgan fingerprint density at radius 2 is 2.33 bits per heavy atom. The summed E-state index contributed by atoms with van der Waals surface area (Å²) in [5, 5.41) is 4.16. The minimum Gasteiger partial charge on any atom is -0.461 e. The summed E-state index contributed by atoms with van der Waals surface area (Å²) in [4.78, 5) is 19.8. The van der Waals surface area contributed by atoms with Crippen molar-refractivity contribution in [1.29, 1.82) is 0 Å². The van der Waals surface area contributed by atoms with Gasteiger partial charge in [-0.3, -0.25) is 9.48 Å². The molecule has 1 aliphatic carbocycles. The fourth-order valence-electron chi connectivity index (χ4n) is 2.54. The molecule has 0 unspecified atom stereocenters. The Hall–Kier alpha value is -2.51. The van der Waals surface area contributed by atoms with Gasteiger partial charge in [0, 0.05) is 18.8 Å². The molecule has 2 heterocycles. The van der Waals surface area contributed by atoms with Crippen molar-refractivity contribution in [2.45, 2.75) is 12.8 Å². The fraction of sp³-hybridized carbons (Fsp3) is 0.385. The van der Waals surface area contributed by atoms with Crippen LogP contribution in [0.25, 0.3) is 11.4 Å². The van der Waals surface area contributed by atoms with Crippen LogP contribution in [0.15, 0.2) is 6.20 Å². The third-order valence-electron chi connectivity index (χ3n) is 3.40. The van der Waals surface area contributed by atoms with Crippen molar-refractivity contribution in [3.63, 3.8) is 0 Å². The van der Waals surface area contributed by atoms with Crippen molar-refractivity contribution in [1.82, 2.24) is 19.7 Å². The molecule has 1 amide bonds. The van der Waals surface area contributed by atoms with E-state index >= 15 is 0 Å². The van der Waals surface area contributed by atoms with E-state index in [-0.39, 0.29) is 18.3 Å². The topological polar surface area (TPSA) is 95.9 Å². The summed E-state index contributed by atoms with van der Waals surface area (Å²) in [6.45, 7) is -0.702. The molecule has 2 N–H and O–H groups in total. The first-order chi connectivity index (χ1) is 10.1. The van der Waals surface area contributed by atoms with Crippen molar-refractivity contribution < 1.29 is 13.9 Å². The van der Waals surface area contributed by atoms with E-state index < -0.39 is 12.6 Å². The van der Waals surface area contributed by atoms with Crippen LogP contribution in [0.3, 0.4) is 0 Å². The van der Waals surface area contributed by atoms with E-state index in [0.717, 1.165) is 16.8 Å². The van der Waals surface area contributed by atoms with Crippen molar-refractivity contribution in [3.05, 3.63) is 23.0 Å². The Morgan fingerprint density at radius 1 is 1.52 bits per heavy atom. The van der Waals surface area contributed by atoms with Crippen molar-refractivity contribution in [2.75, 3.05) is 13.3 Å². The molecular weight excluding hydrogens is 277 g/mol. The molecule has 0 spiro atoms. The maximum atomic E-state index is 12.2. The lowest BCUT2D eigenvalue weighted by atomic mass is 9.93. The van der Waals surface area contributed by atoms with E-state index in [2.05, 4.69) is 15.1 Å². The summed E-state index contributed by atoms with van der Waals surface area (Å²) < 4.78 is 18.9. The first-order valence-corrected chi connectivity index (χ1v) is 6.52. The summed E-state index contributed by atoms with van der Waals surface area (Å²) in [6, 6.07) is 0.112. The number of alkyl halides is 1. The van der Waals surface area contributed by atoms with E-state index in [1.165, 1.54) is 0 Å². The summed E-state index contributed by atoms with van der Waals surface area (Å²) >= 11 is 0. The van der Waals surface area contributed by atoms with E-state index in [0.29, 0.717) is 18.5 Å². The number of nitrogens with zero attached hydrogens (tertiary/aromatic N) is 4. The molecule has 110 valence electrons. The number of nitrogens with two attached hydrogens (primary N) is 1. The van der Waals surface area contributed by atoms with Gasteiger partial charge in [-0.15, -0.1) is 0 Å². The number of amides is 1. The van der Waals surface area contributed by atoms with Crippen LogP contribution < -0.4 is 10.5 Å². The molecule has 0 radical (unpaired) electrons. The van der Waals surface area contributed by atoms with Gasteiger partial charge in [-0.1, -0.05) is 0 Å². The maximum Gasteiger partial charge on any atom is 0.317 e. The van der Waals surface area contributed by atoms with Gasteiger partial charge in [0.05, 0.1) is 11.4 Å². The molecule has 0 aliphatic heterocycles. The van der Waals surface area contributed by atoms with Gasteiger partial charge in [0.15, 0.2) is 5.69 Å². The fourth-order valence-corrected chi connectivity index (χ4v) is 2.54. The quantitative estimate of drug-likeness (QED) is 0.881. The number of hydrogen-bond donors (Lipinski definition) is 1. The molecule has 3 rings (SSSR count). The van der Waals surface area contributed by atoms with Crippen LogP contribution in [-0.4, -0.2) is 38.9 Å². The number of primary amides is 1. The van der Waals surface area contributed by atoms with Gasteiger partial charge in [0.2, 0.25) is 0 Å². The maximum absolute atomic E-state index is 12.2. The van der Waals surface area contributed by atoms with Crippen molar-refractivity contribution >= 4 is 5.91 Å². The molecule has 0 atom stereocenters. The highest BCUT2D eigenvalue weighted by atomic mass is 19.1. The van der Waals surface area contributed by atoms with Crippen LogP contribution in [0.1, 0.15) is 21.6 Å². The highest BCUT2D eigenvalue weighted by Crippen LogP contribution is 2.33. The minimum absolute atomic E-state index is 0.0937. The summed E-state index contributed by atoms with van der Waals surface area (Å²) in [5.41, 5.74) is 8.73. The number of halogens is 1. The highest BCUT2D eigenvalue weighted by molar-refractivity contribution is 5.94. The monoisotopic (exact) mass is 291 g/mol. The van der Waals surface area contributed by atoms with Crippen molar-refractivity contribution in [3.8, 4) is 17.4 Å². The van der Waals surface area contributed by atoms with Gasteiger partial charge in [-0.05, 0) is 18.4 Å². The summed E-state index contributed by atoms with van der Waals surface area (Å²) in [7, 11) is 1.73. The predicted octanol–water partition coefficient (Wildman–Crippen LogP) is 0.423. The van der Waals surface area contributed by atoms with Crippen LogP contribution in [0.5, 0.6) is 6.01 Å². The number of hydrogen-bond acceptors (Lipinski definition) is 5. The standard InChI is InChI=1S/C13H14FN5O2/c1-19-11-8(10(18-19)12(15)20)3-2-7-6-16-13(17-9(7)11)21-5-4-14/h6H,2-5H2,1H3,(H2,15,20). The highest BCUT2D eigenvalue weighted by Gasteiger charge is 2.28. The normalized spacial score (nSPS) is 12.7. The lowest BCUT2D eigenvalue weighted by Crippen LogP contribution is -2.16. The molecule has 0 saturated carbocycles. The van der Waals surface area contributed by atoms with E-state index in [4.69, 9.17) is 10.5 Å². The zero-order valence-electron chi connectivity index (χ0n) is 11.5. The molecular formula is C13H14FN5O2. The zero-order chi connectivity index (χ0) is 15.0. The van der Waals surface area contributed by atoms with E-state index in [9.17, 15) is 9.18 Å². The number of carbonyl (C=O) groups is 1. The van der Waals surface area contributed by atoms with Gasteiger partial charge in [0.25, 0.3) is 5.91 Å². The molecule has 21 heavy (non-hydrogen) atoms. The van der Waals surface area contributed by atoms with Gasteiger partial charge >= 0.3 is 6.01 Å². The Balaban J connectivity index is 2.10. The van der Waals surface area contributed by atoms with Crippen LogP contribution in [0, 0.1) is 0 Å². The Morgan fingerprint density at radius 3 is 3.05 bits per heavy atom. The molecule has 0 fully saturated rings. The predicted molar refractivity (Wildman–Crippen MR) is 71.6 cm³/mol. The Kier molecular flexibility index (Phi) is 3.28. The summed E-state index contributed by atoms with van der Waals surface area (Å²) in [6.07, 6.45) is 3.01. The van der Waals surface area contributed by atoms with Gasteiger partial charge in [0.1, 0.15) is 13.3 Å². The van der Waals surface area contributed by atoms with Crippen LogP contribution in [0.2, 0.25) is 0 Å². The van der Waals surface area contributed by atoms with Crippen LogP contribution in [0.4, 0.5) is 4.39 Å². The minimum atomic E-state index is -0.608. The second-order valence-corrected chi connectivity index (χ2v) is 4.73. The largest absolute Gasteiger partial charge is 0.461 e. The molecule has 8 heteroatoms. The Labute approximate surface area is 119 Å². The number of carbonyl (C=O) groups excluding carboxylic acids is 1. The lowest BCUT2D eigenvalue weighted by molar-refractivity contribution is 0.0994. The third kappa shape index (κ3) is 2.22. The second-order valence-electron chi connectivity index (χ2n) is 4.73. The molecule has 0 bridgehead atoms. The van der Waals surface area contributed by atoms with Gasteiger partial charge < -0.3 is 10.5 Å². The van der Waals surface area contributed by atoms with E-state index in [1.807, 2.05) is 0 Å². The molecule has 2 aromatic rings. The number of rotatable bonds is 4. The average Bonchev–Trinajstić information content (AvgIpc) is 2.82. The van der Waals surface area contributed by atoms with E-state index in [1.54, 1.807) is 17.9 Å². The molecule has 1 aliphatic rings. The average molecular weight is 291 g/mol.